The van der Waals surface area contributed by atoms with E-state index in [1.807, 2.05) is 18.2 Å². The normalized spacial score (nSPS) is 24.5. The van der Waals surface area contributed by atoms with Crippen LogP contribution in [0.4, 0.5) is 13.2 Å². The number of benzene rings is 1. The summed E-state index contributed by atoms with van der Waals surface area (Å²) >= 11 is 1.81. The number of carbonyl (C=O) groups excluding carboxylic acids is 2. The lowest BCUT2D eigenvalue weighted by Crippen LogP contribution is -2.41. The molecule has 0 radical (unpaired) electrons. The number of ketones is 1. The van der Waals surface area contributed by atoms with Gasteiger partial charge in [-0.3, -0.25) is 19.5 Å². The van der Waals surface area contributed by atoms with Crippen LogP contribution >= 0.6 is 11.8 Å². The highest BCUT2D eigenvalue weighted by Crippen LogP contribution is 2.35. The average Bonchev–Trinajstić information content (AvgIpc) is 3.55. The molecule has 0 aliphatic carbocycles. The van der Waals surface area contributed by atoms with E-state index in [4.69, 9.17) is 4.74 Å². The lowest BCUT2D eigenvalue weighted by atomic mass is 9.95. The average molecular weight is 534 g/mol. The summed E-state index contributed by atoms with van der Waals surface area (Å²) < 4.78 is 45.1. The quantitative estimate of drug-likeness (QED) is 0.510. The Morgan fingerprint density at radius 3 is 2.78 bits per heavy atom. The number of thioether (sulfide) groups is 1. The van der Waals surface area contributed by atoms with Crippen molar-refractivity contribution in [3.8, 4) is 0 Å². The molecule has 2 saturated heterocycles. The van der Waals surface area contributed by atoms with Crippen molar-refractivity contribution in [3.05, 3.63) is 65.0 Å². The van der Waals surface area contributed by atoms with Crippen LogP contribution in [0.3, 0.4) is 0 Å². The van der Waals surface area contributed by atoms with Crippen LogP contribution in [0.5, 0.6) is 0 Å². The van der Waals surface area contributed by atoms with Gasteiger partial charge in [-0.15, -0.1) is 0 Å². The molecule has 37 heavy (non-hydrogen) atoms. The Bertz CT molecular complexity index is 1120. The minimum atomic E-state index is -4.52. The third kappa shape index (κ3) is 6.18. The number of hydrogen-bond donors (Lipinski definition) is 0. The number of rotatable bonds is 8. The molecule has 0 N–H and O–H groups in total. The van der Waals surface area contributed by atoms with E-state index < -0.39 is 17.6 Å². The highest BCUT2D eigenvalue weighted by atomic mass is 32.2. The molecule has 2 unspecified atom stereocenters. The Morgan fingerprint density at radius 1 is 1.19 bits per heavy atom. The number of fused-ring (bicyclic) bond motifs is 1. The molecule has 1 amide bonds. The molecule has 0 spiro atoms. The van der Waals surface area contributed by atoms with Crippen molar-refractivity contribution in [1.82, 2.24) is 14.8 Å². The lowest BCUT2D eigenvalue weighted by molar-refractivity contribution is -0.137. The SMILES string of the molecule is O=C(CC1CN(C2CCOC2)C[C@@H]1SCc1ccccn1)CN1CCc2ccc(C(F)(F)F)cc2C1=O. The number of nitrogens with zero attached hydrogens (tertiary/aromatic N) is 3. The first kappa shape index (κ1) is 26.2. The van der Waals surface area contributed by atoms with E-state index in [2.05, 4.69) is 9.88 Å². The van der Waals surface area contributed by atoms with Crippen LogP contribution in [0.15, 0.2) is 42.6 Å². The molecule has 3 aliphatic rings. The van der Waals surface area contributed by atoms with Gasteiger partial charge in [-0.05, 0) is 48.6 Å². The van der Waals surface area contributed by atoms with Gasteiger partial charge in [0.25, 0.3) is 5.91 Å². The summed E-state index contributed by atoms with van der Waals surface area (Å²) in [5, 5.41) is 0.249. The van der Waals surface area contributed by atoms with E-state index in [1.165, 1.54) is 11.0 Å². The number of pyridine rings is 1. The van der Waals surface area contributed by atoms with Crippen molar-refractivity contribution in [2.75, 3.05) is 39.4 Å². The highest BCUT2D eigenvalue weighted by Gasteiger charge is 2.39. The second kappa shape index (κ2) is 11.1. The second-order valence-corrected chi connectivity index (χ2v) is 11.2. The van der Waals surface area contributed by atoms with Crippen molar-refractivity contribution in [2.24, 2.45) is 5.92 Å². The third-order valence-electron chi connectivity index (χ3n) is 7.47. The molecule has 6 nitrogen and oxygen atoms in total. The number of amides is 1. The fourth-order valence-electron chi connectivity index (χ4n) is 5.46. The molecule has 198 valence electrons. The summed E-state index contributed by atoms with van der Waals surface area (Å²) in [4.78, 5) is 34.4. The van der Waals surface area contributed by atoms with Gasteiger partial charge in [0.15, 0.2) is 5.78 Å². The van der Waals surface area contributed by atoms with Crippen LogP contribution in [-0.4, -0.2) is 77.2 Å². The Kier molecular flexibility index (Phi) is 7.88. The van der Waals surface area contributed by atoms with Crippen molar-refractivity contribution in [1.29, 1.82) is 0 Å². The topological polar surface area (TPSA) is 62.7 Å². The van der Waals surface area contributed by atoms with Crippen molar-refractivity contribution >= 4 is 23.5 Å². The van der Waals surface area contributed by atoms with Crippen LogP contribution in [0.25, 0.3) is 0 Å². The molecule has 2 fully saturated rings. The van der Waals surface area contributed by atoms with Gasteiger partial charge < -0.3 is 9.64 Å². The lowest BCUT2D eigenvalue weighted by Gasteiger charge is -2.29. The summed E-state index contributed by atoms with van der Waals surface area (Å²) in [6, 6.07) is 9.51. The van der Waals surface area contributed by atoms with Crippen LogP contribution in [0.1, 0.15) is 40.0 Å². The van der Waals surface area contributed by atoms with Gasteiger partial charge in [0.2, 0.25) is 0 Å². The first-order valence-electron chi connectivity index (χ1n) is 12.6. The van der Waals surface area contributed by atoms with Gasteiger partial charge >= 0.3 is 6.18 Å². The van der Waals surface area contributed by atoms with Crippen molar-refractivity contribution in [3.63, 3.8) is 0 Å². The minimum Gasteiger partial charge on any atom is -0.380 e. The number of carbonyl (C=O) groups is 2. The number of halogens is 3. The highest BCUT2D eigenvalue weighted by molar-refractivity contribution is 7.99. The van der Waals surface area contributed by atoms with Gasteiger partial charge in [-0.25, -0.2) is 0 Å². The maximum Gasteiger partial charge on any atom is 0.416 e. The first-order valence-corrected chi connectivity index (χ1v) is 13.7. The summed E-state index contributed by atoms with van der Waals surface area (Å²) in [5.74, 6) is 0.333. The zero-order chi connectivity index (χ0) is 26.0. The molecule has 1 aromatic heterocycles. The van der Waals surface area contributed by atoms with E-state index in [1.54, 1.807) is 18.0 Å². The molecular formula is C27H30F3N3O3S. The zero-order valence-corrected chi connectivity index (χ0v) is 21.3. The molecule has 0 saturated carbocycles. The van der Waals surface area contributed by atoms with E-state index in [0.717, 1.165) is 49.7 Å². The summed E-state index contributed by atoms with van der Waals surface area (Å²) in [7, 11) is 0. The fourth-order valence-corrected chi connectivity index (χ4v) is 6.77. The maximum absolute atomic E-state index is 13.2. The van der Waals surface area contributed by atoms with E-state index in [0.29, 0.717) is 37.6 Å². The van der Waals surface area contributed by atoms with Crippen LogP contribution < -0.4 is 0 Å². The Hall–Kier alpha value is -2.43. The number of likely N-dealkylation sites (tertiary alicyclic amines) is 1. The number of Topliss-reactive ketones (excluding diaryl/α,β-unsaturated/α-hetero) is 1. The molecule has 1 aromatic carbocycles. The molecule has 3 aliphatic heterocycles. The molecule has 10 heteroatoms. The minimum absolute atomic E-state index is 0.0472. The van der Waals surface area contributed by atoms with Gasteiger partial charge in [0.1, 0.15) is 0 Å². The molecule has 3 atom stereocenters. The summed E-state index contributed by atoms with van der Waals surface area (Å²) in [5.41, 5.74) is 0.794. The number of alkyl halides is 3. The maximum atomic E-state index is 13.2. The predicted molar refractivity (Wildman–Crippen MR) is 134 cm³/mol. The van der Waals surface area contributed by atoms with Gasteiger partial charge in [0, 0.05) is 61.5 Å². The third-order valence-corrected chi connectivity index (χ3v) is 8.89. The predicted octanol–water partition coefficient (Wildman–Crippen LogP) is 4.08. The fraction of sp³-hybridized carbons (Fsp3) is 0.519. The van der Waals surface area contributed by atoms with E-state index in [-0.39, 0.29) is 29.1 Å². The Labute approximate surface area is 218 Å². The van der Waals surface area contributed by atoms with E-state index in [9.17, 15) is 22.8 Å². The zero-order valence-electron chi connectivity index (χ0n) is 20.5. The van der Waals surface area contributed by atoms with E-state index >= 15 is 0 Å². The smallest absolute Gasteiger partial charge is 0.380 e. The van der Waals surface area contributed by atoms with Gasteiger partial charge in [-0.2, -0.15) is 24.9 Å². The van der Waals surface area contributed by atoms with Crippen LogP contribution in [0, 0.1) is 5.92 Å². The standard InChI is InChI=1S/C27H30F3N3O3S/c28-27(29,30)20-5-4-18-6-9-32(26(35)24(18)12-20)14-23(34)11-19-13-33(22-7-10-36-16-22)15-25(19)37-17-21-3-1-2-8-31-21/h1-5,8,12,19,22,25H,6-7,9-11,13-17H2/t19?,22?,25-/m0/s1. The summed E-state index contributed by atoms with van der Waals surface area (Å²) in [6.45, 7) is 3.39. The van der Waals surface area contributed by atoms with Crippen LogP contribution in [-0.2, 0) is 27.9 Å². The van der Waals surface area contributed by atoms with Crippen molar-refractivity contribution in [2.45, 2.75) is 42.5 Å². The van der Waals surface area contributed by atoms with Crippen LogP contribution in [0.2, 0.25) is 0 Å². The number of hydrogen-bond acceptors (Lipinski definition) is 6. The monoisotopic (exact) mass is 533 g/mol. The van der Waals surface area contributed by atoms with Gasteiger partial charge in [-0.1, -0.05) is 12.1 Å². The Balaban J connectivity index is 1.23. The molecule has 5 rings (SSSR count). The van der Waals surface area contributed by atoms with Crippen molar-refractivity contribution < 1.29 is 27.5 Å². The largest absolute Gasteiger partial charge is 0.416 e. The number of aromatic nitrogens is 1. The first-order chi connectivity index (χ1) is 17.8. The molecular weight excluding hydrogens is 503 g/mol. The molecule has 0 bridgehead atoms. The summed E-state index contributed by atoms with van der Waals surface area (Å²) in [6.07, 6.45) is -0.982. The second-order valence-electron chi connectivity index (χ2n) is 9.99. The van der Waals surface area contributed by atoms with Gasteiger partial charge in [0.05, 0.1) is 24.4 Å². The molecule has 4 heterocycles. The Morgan fingerprint density at radius 2 is 2.05 bits per heavy atom. The number of ether oxygens (including phenoxy) is 1. The molecule has 2 aromatic rings.